The molecule has 0 aromatic carbocycles. The fourth-order valence-corrected chi connectivity index (χ4v) is 2.31. The van der Waals surface area contributed by atoms with Crippen LogP contribution in [0.25, 0.3) is 0 Å². The molecule has 0 saturated heterocycles. The number of pyridine rings is 1. The van der Waals surface area contributed by atoms with E-state index in [-0.39, 0.29) is 6.61 Å². The van der Waals surface area contributed by atoms with Gasteiger partial charge in [-0.15, -0.1) is 0 Å². The van der Waals surface area contributed by atoms with Gasteiger partial charge < -0.3 is 14.9 Å². The first-order chi connectivity index (χ1) is 8.49. The van der Waals surface area contributed by atoms with E-state index in [1.807, 2.05) is 6.92 Å². The van der Waals surface area contributed by atoms with Crippen LogP contribution in [-0.4, -0.2) is 48.2 Å². The van der Waals surface area contributed by atoms with Gasteiger partial charge in [-0.1, -0.05) is 0 Å². The number of anilines is 1. The largest absolute Gasteiger partial charge is 0.392 e. The highest BCUT2D eigenvalue weighted by atomic mass is 16.3. The van der Waals surface area contributed by atoms with E-state index in [9.17, 15) is 5.11 Å². The van der Waals surface area contributed by atoms with Gasteiger partial charge in [0.05, 0.1) is 6.61 Å². The van der Waals surface area contributed by atoms with Crippen molar-refractivity contribution in [1.82, 2.24) is 9.88 Å². The molecule has 0 radical (unpaired) electrons. The summed E-state index contributed by atoms with van der Waals surface area (Å²) in [7, 11) is 4.16. The molecule has 0 amide bonds. The van der Waals surface area contributed by atoms with Gasteiger partial charge in [0.1, 0.15) is 0 Å². The van der Waals surface area contributed by atoms with Gasteiger partial charge in [-0.05, 0) is 40.9 Å². The maximum absolute atomic E-state index is 9.44. The lowest BCUT2D eigenvalue weighted by atomic mass is 10.1. The van der Waals surface area contributed by atoms with Gasteiger partial charge >= 0.3 is 0 Å². The van der Waals surface area contributed by atoms with Crippen LogP contribution in [0, 0.1) is 6.92 Å². The van der Waals surface area contributed by atoms with E-state index >= 15 is 0 Å². The van der Waals surface area contributed by atoms with Crippen LogP contribution in [0.4, 0.5) is 5.69 Å². The van der Waals surface area contributed by atoms with Crippen molar-refractivity contribution in [3.05, 3.63) is 23.5 Å². The molecule has 1 atom stereocenters. The van der Waals surface area contributed by atoms with E-state index in [1.165, 1.54) is 0 Å². The summed E-state index contributed by atoms with van der Waals surface area (Å²) in [6.07, 6.45) is 1.77. The van der Waals surface area contributed by atoms with Crippen molar-refractivity contribution < 1.29 is 5.11 Å². The molecule has 1 N–H and O–H groups in total. The highest BCUT2D eigenvalue weighted by Crippen LogP contribution is 2.23. The standard InChI is InChI=1S/C14H25N3O/c1-6-17(12(3)9-16(4)5)14-7-11(2)15-8-13(14)10-18/h7-8,12,18H,6,9-10H2,1-5H3. The molecule has 0 spiro atoms. The van der Waals surface area contributed by atoms with Gasteiger partial charge in [-0.25, -0.2) is 0 Å². The maximum atomic E-state index is 9.44. The molecule has 1 heterocycles. The molecular formula is C14H25N3O. The summed E-state index contributed by atoms with van der Waals surface area (Å²) in [6, 6.07) is 2.46. The number of aliphatic hydroxyl groups excluding tert-OH is 1. The highest BCUT2D eigenvalue weighted by molar-refractivity contribution is 5.54. The van der Waals surface area contributed by atoms with Gasteiger partial charge in [0, 0.05) is 42.3 Å². The zero-order chi connectivity index (χ0) is 13.7. The summed E-state index contributed by atoms with van der Waals surface area (Å²) in [5.41, 5.74) is 2.98. The topological polar surface area (TPSA) is 39.6 Å². The van der Waals surface area contributed by atoms with Crippen LogP contribution in [0.15, 0.2) is 12.3 Å². The lowest BCUT2D eigenvalue weighted by Gasteiger charge is -2.33. The number of aryl methyl sites for hydroxylation is 1. The SMILES string of the molecule is CCN(c1cc(C)ncc1CO)C(C)CN(C)C. The van der Waals surface area contributed by atoms with Crippen molar-refractivity contribution >= 4 is 5.69 Å². The first-order valence-corrected chi connectivity index (χ1v) is 6.47. The van der Waals surface area contributed by atoms with Crippen molar-refractivity contribution in [3.8, 4) is 0 Å². The Bertz CT molecular complexity index is 379. The third-order valence-electron chi connectivity index (χ3n) is 3.08. The molecule has 1 aromatic heterocycles. The zero-order valence-corrected chi connectivity index (χ0v) is 12.1. The van der Waals surface area contributed by atoms with Crippen LogP contribution >= 0.6 is 0 Å². The van der Waals surface area contributed by atoms with Gasteiger partial charge in [-0.2, -0.15) is 0 Å². The number of hydrogen-bond donors (Lipinski definition) is 1. The Morgan fingerprint density at radius 2 is 2.06 bits per heavy atom. The Morgan fingerprint density at radius 1 is 1.39 bits per heavy atom. The molecule has 0 bridgehead atoms. The number of rotatable bonds is 6. The van der Waals surface area contributed by atoms with Crippen molar-refractivity contribution in [2.24, 2.45) is 0 Å². The smallest absolute Gasteiger partial charge is 0.0717 e. The van der Waals surface area contributed by atoms with Crippen LogP contribution in [-0.2, 0) is 6.61 Å². The molecule has 1 aromatic rings. The van der Waals surface area contributed by atoms with Crippen LogP contribution in [0.3, 0.4) is 0 Å². The molecule has 18 heavy (non-hydrogen) atoms. The number of aliphatic hydroxyl groups is 1. The molecule has 1 rings (SSSR count). The second-order valence-corrected chi connectivity index (χ2v) is 5.01. The second kappa shape index (κ2) is 6.71. The third kappa shape index (κ3) is 3.68. The minimum Gasteiger partial charge on any atom is -0.392 e. The summed E-state index contributed by atoms with van der Waals surface area (Å²) >= 11 is 0. The fraction of sp³-hybridized carbons (Fsp3) is 0.643. The Hall–Kier alpha value is -1.13. The van der Waals surface area contributed by atoms with Crippen LogP contribution in [0.5, 0.6) is 0 Å². The second-order valence-electron chi connectivity index (χ2n) is 5.01. The van der Waals surface area contributed by atoms with Gasteiger partial charge in [0.2, 0.25) is 0 Å². The predicted molar refractivity (Wildman–Crippen MR) is 75.9 cm³/mol. The Balaban J connectivity index is 3.03. The van der Waals surface area contributed by atoms with Crippen molar-refractivity contribution in [1.29, 1.82) is 0 Å². The van der Waals surface area contributed by atoms with Gasteiger partial charge in [0.15, 0.2) is 0 Å². The Labute approximate surface area is 110 Å². The summed E-state index contributed by atoms with van der Waals surface area (Å²) in [6.45, 7) is 8.28. The first-order valence-electron chi connectivity index (χ1n) is 6.47. The van der Waals surface area contributed by atoms with Crippen molar-refractivity contribution in [2.45, 2.75) is 33.4 Å². The molecule has 1 unspecified atom stereocenters. The average molecular weight is 251 g/mol. The molecule has 4 nitrogen and oxygen atoms in total. The first kappa shape index (κ1) is 14.9. The normalized spacial score (nSPS) is 12.8. The molecular weight excluding hydrogens is 226 g/mol. The molecule has 0 aliphatic rings. The minimum absolute atomic E-state index is 0.0355. The fourth-order valence-electron chi connectivity index (χ4n) is 2.31. The average Bonchev–Trinajstić information content (AvgIpc) is 2.29. The lowest BCUT2D eigenvalue weighted by Crippen LogP contribution is -2.40. The van der Waals surface area contributed by atoms with Crippen molar-refractivity contribution in [2.75, 3.05) is 32.1 Å². The van der Waals surface area contributed by atoms with E-state index in [2.05, 4.69) is 48.8 Å². The Morgan fingerprint density at radius 3 is 2.56 bits per heavy atom. The molecule has 0 fully saturated rings. The van der Waals surface area contributed by atoms with Gasteiger partial charge in [0.25, 0.3) is 0 Å². The predicted octanol–water partition coefficient (Wildman–Crippen LogP) is 1.66. The number of likely N-dealkylation sites (N-methyl/N-ethyl adjacent to an activating group) is 2. The number of aromatic nitrogens is 1. The monoisotopic (exact) mass is 251 g/mol. The highest BCUT2D eigenvalue weighted by Gasteiger charge is 2.17. The van der Waals surface area contributed by atoms with E-state index in [4.69, 9.17) is 0 Å². The summed E-state index contributed by atoms with van der Waals surface area (Å²) in [5, 5.41) is 9.44. The molecule has 0 aliphatic carbocycles. The van der Waals surface area contributed by atoms with Crippen LogP contribution in [0.2, 0.25) is 0 Å². The summed E-state index contributed by atoms with van der Waals surface area (Å²) < 4.78 is 0. The van der Waals surface area contributed by atoms with E-state index < -0.39 is 0 Å². The van der Waals surface area contributed by atoms with E-state index in [1.54, 1.807) is 6.20 Å². The molecule has 102 valence electrons. The quantitative estimate of drug-likeness (QED) is 0.834. The summed E-state index contributed by atoms with van der Waals surface area (Å²) in [5.74, 6) is 0. The maximum Gasteiger partial charge on any atom is 0.0717 e. The molecule has 0 aliphatic heterocycles. The third-order valence-corrected chi connectivity index (χ3v) is 3.08. The summed E-state index contributed by atoms with van der Waals surface area (Å²) in [4.78, 5) is 8.75. The Kier molecular flexibility index (Phi) is 5.56. The van der Waals surface area contributed by atoms with Gasteiger partial charge in [-0.3, -0.25) is 4.98 Å². The number of hydrogen-bond acceptors (Lipinski definition) is 4. The lowest BCUT2D eigenvalue weighted by molar-refractivity contribution is 0.281. The van der Waals surface area contributed by atoms with E-state index in [0.29, 0.717) is 6.04 Å². The van der Waals surface area contributed by atoms with Crippen molar-refractivity contribution in [3.63, 3.8) is 0 Å². The van der Waals surface area contributed by atoms with E-state index in [0.717, 1.165) is 30.0 Å². The van der Waals surface area contributed by atoms with Crippen LogP contribution < -0.4 is 4.90 Å². The van der Waals surface area contributed by atoms with Crippen LogP contribution in [0.1, 0.15) is 25.1 Å². The zero-order valence-electron chi connectivity index (χ0n) is 12.1. The molecule has 4 heteroatoms. The number of nitrogens with zero attached hydrogens (tertiary/aromatic N) is 3. The molecule has 0 saturated carbocycles. The minimum atomic E-state index is 0.0355.